The van der Waals surface area contributed by atoms with Crippen molar-refractivity contribution in [2.45, 2.75) is 18.3 Å². The van der Waals surface area contributed by atoms with Crippen LogP contribution in [0.2, 0.25) is 0 Å². The van der Waals surface area contributed by atoms with E-state index in [4.69, 9.17) is 10.5 Å². The van der Waals surface area contributed by atoms with Crippen LogP contribution < -0.4 is 5.73 Å². The second-order valence-corrected chi connectivity index (χ2v) is 4.14. The van der Waals surface area contributed by atoms with E-state index in [1.54, 1.807) is 12.1 Å². The van der Waals surface area contributed by atoms with Gasteiger partial charge in [0.15, 0.2) is 0 Å². The zero-order valence-electron chi connectivity index (χ0n) is 9.19. The molecule has 3 N–H and O–H groups in total. The highest BCUT2D eigenvalue weighted by Gasteiger charge is 2.32. The van der Waals surface area contributed by atoms with Gasteiger partial charge in [-0.25, -0.2) is 0 Å². The summed E-state index contributed by atoms with van der Waals surface area (Å²) >= 11 is 0. The molecule has 1 heterocycles. The standard InChI is InChI=1S/C12H17NO2.BrH/c13-9-12(5-7-15-8-6-12)10-1-3-11(14)4-2-10;/h1-4,14H,5-9,13H2;1H. The lowest BCUT2D eigenvalue weighted by Gasteiger charge is -2.36. The van der Waals surface area contributed by atoms with Gasteiger partial charge in [0.2, 0.25) is 0 Å². The highest BCUT2D eigenvalue weighted by atomic mass is 79.9. The minimum absolute atomic E-state index is 0. The number of rotatable bonds is 2. The summed E-state index contributed by atoms with van der Waals surface area (Å²) in [7, 11) is 0. The average molecular weight is 288 g/mol. The first-order valence-corrected chi connectivity index (χ1v) is 5.34. The molecule has 1 saturated heterocycles. The molecule has 4 heteroatoms. The van der Waals surface area contributed by atoms with Crippen molar-refractivity contribution in [3.63, 3.8) is 0 Å². The summed E-state index contributed by atoms with van der Waals surface area (Å²) in [5, 5.41) is 9.26. The Morgan fingerprint density at radius 1 is 1.19 bits per heavy atom. The number of aromatic hydroxyl groups is 1. The van der Waals surface area contributed by atoms with Crippen molar-refractivity contribution in [2.24, 2.45) is 5.73 Å². The van der Waals surface area contributed by atoms with Gasteiger partial charge < -0.3 is 15.6 Å². The molecule has 1 aromatic rings. The Morgan fingerprint density at radius 2 is 1.75 bits per heavy atom. The number of phenols is 1. The molecule has 3 nitrogen and oxygen atoms in total. The molecule has 0 radical (unpaired) electrons. The van der Waals surface area contributed by atoms with Crippen LogP contribution in [0.15, 0.2) is 24.3 Å². The fraction of sp³-hybridized carbons (Fsp3) is 0.500. The molecule has 1 fully saturated rings. The van der Waals surface area contributed by atoms with Gasteiger partial charge in [0.25, 0.3) is 0 Å². The maximum atomic E-state index is 9.26. The first-order chi connectivity index (χ1) is 7.27. The Morgan fingerprint density at radius 3 is 2.25 bits per heavy atom. The molecule has 0 unspecified atom stereocenters. The maximum Gasteiger partial charge on any atom is 0.115 e. The lowest BCUT2D eigenvalue weighted by molar-refractivity contribution is 0.0529. The molecule has 0 aliphatic carbocycles. The lowest BCUT2D eigenvalue weighted by Crippen LogP contribution is -2.40. The lowest BCUT2D eigenvalue weighted by atomic mass is 9.74. The van der Waals surface area contributed by atoms with Crippen LogP contribution in [0, 0.1) is 0 Å². The van der Waals surface area contributed by atoms with E-state index in [1.807, 2.05) is 12.1 Å². The fourth-order valence-corrected chi connectivity index (χ4v) is 2.19. The Labute approximate surface area is 106 Å². The smallest absolute Gasteiger partial charge is 0.115 e. The molecule has 90 valence electrons. The highest BCUT2D eigenvalue weighted by molar-refractivity contribution is 8.93. The molecule has 1 aromatic carbocycles. The number of ether oxygens (including phenoxy) is 1. The van der Waals surface area contributed by atoms with E-state index < -0.39 is 0 Å². The summed E-state index contributed by atoms with van der Waals surface area (Å²) in [5.41, 5.74) is 7.15. The van der Waals surface area contributed by atoms with Crippen LogP contribution in [0.3, 0.4) is 0 Å². The SMILES string of the molecule is Br.NCC1(c2ccc(O)cc2)CCOCC1. The van der Waals surface area contributed by atoms with E-state index in [0.29, 0.717) is 12.3 Å². The van der Waals surface area contributed by atoms with Gasteiger partial charge in [0.1, 0.15) is 5.75 Å². The molecule has 0 aromatic heterocycles. The quantitative estimate of drug-likeness (QED) is 0.875. The predicted octanol–water partition coefficient (Wildman–Crippen LogP) is 1.98. The fourth-order valence-electron chi connectivity index (χ4n) is 2.19. The maximum absolute atomic E-state index is 9.26. The molecule has 2 rings (SSSR count). The second-order valence-electron chi connectivity index (χ2n) is 4.14. The molecule has 0 amide bonds. The topological polar surface area (TPSA) is 55.5 Å². The molecule has 0 saturated carbocycles. The zero-order chi connectivity index (χ0) is 10.7. The van der Waals surface area contributed by atoms with Gasteiger partial charge in [-0.2, -0.15) is 0 Å². The third-order valence-electron chi connectivity index (χ3n) is 3.32. The minimum atomic E-state index is 0. The van der Waals surface area contributed by atoms with E-state index in [0.717, 1.165) is 26.1 Å². The van der Waals surface area contributed by atoms with Crippen molar-refractivity contribution in [3.8, 4) is 5.75 Å². The van der Waals surface area contributed by atoms with E-state index in [2.05, 4.69) is 0 Å². The van der Waals surface area contributed by atoms with Gasteiger partial charge >= 0.3 is 0 Å². The molecule has 1 aliphatic rings. The largest absolute Gasteiger partial charge is 0.508 e. The normalized spacial score (nSPS) is 18.8. The predicted molar refractivity (Wildman–Crippen MR) is 69.2 cm³/mol. The van der Waals surface area contributed by atoms with Crippen LogP contribution in [0.25, 0.3) is 0 Å². The van der Waals surface area contributed by atoms with Crippen molar-refractivity contribution in [3.05, 3.63) is 29.8 Å². The van der Waals surface area contributed by atoms with Crippen molar-refractivity contribution >= 4 is 17.0 Å². The molecular formula is C12H18BrNO2. The molecule has 0 atom stereocenters. The summed E-state index contributed by atoms with van der Waals surface area (Å²) in [6.07, 6.45) is 1.93. The van der Waals surface area contributed by atoms with Gasteiger partial charge in [0.05, 0.1) is 0 Å². The number of hydrogen-bond acceptors (Lipinski definition) is 3. The number of nitrogens with two attached hydrogens (primary N) is 1. The van der Waals surface area contributed by atoms with Crippen LogP contribution in [-0.2, 0) is 10.2 Å². The number of hydrogen-bond donors (Lipinski definition) is 2. The summed E-state index contributed by atoms with van der Waals surface area (Å²) < 4.78 is 5.37. The molecule has 16 heavy (non-hydrogen) atoms. The van der Waals surface area contributed by atoms with E-state index in [-0.39, 0.29) is 22.4 Å². The van der Waals surface area contributed by atoms with Crippen molar-refractivity contribution < 1.29 is 9.84 Å². The third-order valence-corrected chi connectivity index (χ3v) is 3.32. The van der Waals surface area contributed by atoms with E-state index >= 15 is 0 Å². The van der Waals surface area contributed by atoms with E-state index in [1.165, 1.54) is 5.56 Å². The van der Waals surface area contributed by atoms with Crippen LogP contribution in [-0.4, -0.2) is 24.9 Å². The van der Waals surface area contributed by atoms with Gasteiger partial charge in [-0.05, 0) is 30.5 Å². The Hall–Kier alpha value is -0.580. The number of halogens is 1. The van der Waals surface area contributed by atoms with E-state index in [9.17, 15) is 5.11 Å². The highest BCUT2D eigenvalue weighted by Crippen LogP contribution is 2.34. The number of phenolic OH excluding ortho intramolecular Hbond substituents is 1. The summed E-state index contributed by atoms with van der Waals surface area (Å²) in [6, 6.07) is 7.38. The van der Waals surface area contributed by atoms with Gasteiger partial charge in [-0.15, -0.1) is 17.0 Å². The first-order valence-electron chi connectivity index (χ1n) is 5.34. The van der Waals surface area contributed by atoms with Gasteiger partial charge in [0, 0.05) is 25.2 Å². The van der Waals surface area contributed by atoms with Crippen LogP contribution in [0.4, 0.5) is 0 Å². The van der Waals surface area contributed by atoms with Crippen molar-refractivity contribution in [1.29, 1.82) is 0 Å². The molecule has 0 spiro atoms. The Kier molecular flexibility index (Phi) is 4.77. The molecular weight excluding hydrogens is 270 g/mol. The van der Waals surface area contributed by atoms with Gasteiger partial charge in [-0.1, -0.05) is 12.1 Å². The monoisotopic (exact) mass is 287 g/mol. The van der Waals surface area contributed by atoms with Crippen LogP contribution in [0.1, 0.15) is 18.4 Å². The average Bonchev–Trinajstić information content (AvgIpc) is 2.31. The third kappa shape index (κ3) is 2.56. The second kappa shape index (κ2) is 5.66. The summed E-state index contributed by atoms with van der Waals surface area (Å²) in [6.45, 7) is 2.19. The van der Waals surface area contributed by atoms with Crippen molar-refractivity contribution in [2.75, 3.05) is 19.8 Å². The number of benzene rings is 1. The first kappa shape index (κ1) is 13.5. The Balaban J connectivity index is 0.00000128. The minimum Gasteiger partial charge on any atom is -0.508 e. The summed E-state index contributed by atoms with van der Waals surface area (Å²) in [4.78, 5) is 0. The summed E-state index contributed by atoms with van der Waals surface area (Å²) in [5.74, 6) is 0.304. The Bertz CT molecular complexity index is 320. The zero-order valence-corrected chi connectivity index (χ0v) is 10.9. The molecule has 0 bridgehead atoms. The molecule has 1 aliphatic heterocycles. The van der Waals surface area contributed by atoms with Crippen molar-refractivity contribution in [1.82, 2.24) is 0 Å². The van der Waals surface area contributed by atoms with Crippen LogP contribution in [0.5, 0.6) is 5.75 Å². The van der Waals surface area contributed by atoms with Gasteiger partial charge in [-0.3, -0.25) is 0 Å². The van der Waals surface area contributed by atoms with Crippen LogP contribution >= 0.6 is 17.0 Å².